The van der Waals surface area contributed by atoms with Crippen LogP contribution in [0.1, 0.15) is 34.9 Å². The van der Waals surface area contributed by atoms with Crippen LogP contribution in [0.2, 0.25) is 0 Å². The molecule has 1 aliphatic rings. The number of nitrogens with zero attached hydrogens (tertiary/aromatic N) is 2. The predicted molar refractivity (Wildman–Crippen MR) is 102 cm³/mol. The molecule has 0 aromatic carbocycles. The van der Waals surface area contributed by atoms with Crippen LogP contribution >= 0.6 is 0 Å². The molecule has 7 heteroatoms. The summed E-state index contributed by atoms with van der Waals surface area (Å²) in [7, 11) is 5.30. The molecule has 1 fully saturated rings. The summed E-state index contributed by atoms with van der Waals surface area (Å²) in [5.74, 6) is 0.980. The highest BCUT2D eigenvalue weighted by molar-refractivity contribution is 6.13. The van der Waals surface area contributed by atoms with Crippen LogP contribution in [0.5, 0.6) is 0 Å². The maximum atomic E-state index is 8.75. The number of hydrogen-bond acceptors (Lipinski definition) is 7. The van der Waals surface area contributed by atoms with Crippen LogP contribution < -0.4 is 10.6 Å². The summed E-state index contributed by atoms with van der Waals surface area (Å²) in [4.78, 5) is 9.08. The second-order valence-electron chi connectivity index (χ2n) is 6.27. The highest BCUT2D eigenvalue weighted by atomic mass is 16.5. The van der Waals surface area contributed by atoms with Gasteiger partial charge in [-0.3, -0.25) is 10.4 Å². The third kappa shape index (κ3) is 3.84. The first kappa shape index (κ1) is 18.3. The Hall–Kier alpha value is -2.51. The lowest BCUT2D eigenvalue weighted by atomic mass is 9.99. The molecule has 2 aromatic heterocycles. The van der Waals surface area contributed by atoms with Crippen molar-refractivity contribution in [1.82, 2.24) is 9.97 Å². The van der Waals surface area contributed by atoms with Crippen LogP contribution in [0.25, 0.3) is 0 Å². The van der Waals surface area contributed by atoms with Gasteiger partial charge in [0.25, 0.3) is 0 Å². The number of ether oxygens (including phenoxy) is 2. The fraction of sp³-hybridized carbons (Fsp3) is 0.421. The highest BCUT2D eigenvalue weighted by Gasteiger charge is 2.22. The van der Waals surface area contributed by atoms with E-state index in [2.05, 4.69) is 21.7 Å². The molecule has 1 atom stereocenters. The Morgan fingerprint density at radius 1 is 1.31 bits per heavy atom. The van der Waals surface area contributed by atoms with E-state index in [1.165, 1.54) is 0 Å². The summed E-state index contributed by atoms with van der Waals surface area (Å²) in [6.45, 7) is 1.92. The summed E-state index contributed by atoms with van der Waals surface area (Å²) < 4.78 is 10.8. The van der Waals surface area contributed by atoms with Gasteiger partial charge in [-0.05, 0) is 30.2 Å². The van der Waals surface area contributed by atoms with Crippen molar-refractivity contribution in [2.75, 3.05) is 45.1 Å². The Kier molecular flexibility index (Phi) is 5.80. The summed E-state index contributed by atoms with van der Waals surface area (Å²) in [5, 5.41) is 14.9. The normalized spacial score (nSPS) is 16.5. The molecule has 0 radical (unpaired) electrons. The third-order valence-electron chi connectivity index (χ3n) is 4.52. The minimum absolute atomic E-state index is 0.271. The molecule has 3 N–H and O–H groups in total. The topological polar surface area (TPSA) is 92.2 Å². The lowest BCUT2D eigenvalue weighted by molar-refractivity contribution is 0.184. The number of rotatable bonds is 7. The average Bonchev–Trinajstić information content (AvgIpc) is 3.21. The van der Waals surface area contributed by atoms with E-state index in [0.29, 0.717) is 30.4 Å². The maximum absolute atomic E-state index is 8.75. The number of methoxy groups -OCH3 is 1. The van der Waals surface area contributed by atoms with E-state index >= 15 is 0 Å². The average molecular weight is 355 g/mol. The Labute approximate surface area is 153 Å². The number of nitrogens with one attached hydrogen (secondary N) is 3. The molecule has 2 aromatic rings. The van der Waals surface area contributed by atoms with Gasteiger partial charge in [0.2, 0.25) is 0 Å². The van der Waals surface area contributed by atoms with Gasteiger partial charge in [0.05, 0.1) is 36.5 Å². The molecule has 138 valence electrons. The Bertz CT molecular complexity index is 787. The summed E-state index contributed by atoms with van der Waals surface area (Å²) in [6.07, 6.45) is 2.68. The number of hydrogen-bond donors (Lipinski definition) is 3. The van der Waals surface area contributed by atoms with E-state index in [1.54, 1.807) is 13.3 Å². The smallest absolute Gasteiger partial charge is 0.126 e. The first-order chi connectivity index (χ1) is 12.7. The van der Waals surface area contributed by atoms with Gasteiger partial charge in [-0.15, -0.1) is 0 Å². The van der Waals surface area contributed by atoms with E-state index in [-0.39, 0.29) is 5.92 Å². The molecule has 7 nitrogen and oxygen atoms in total. The van der Waals surface area contributed by atoms with Gasteiger partial charge in [-0.2, -0.15) is 0 Å². The van der Waals surface area contributed by atoms with Gasteiger partial charge in [-0.1, -0.05) is 0 Å². The van der Waals surface area contributed by atoms with Crippen LogP contribution in [0.15, 0.2) is 24.4 Å². The first-order valence-corrected chi connectivity index (χ1v) is 8.68. The highest BCUT2D eigenvalue weighted by Crippen LogP contribution is 2.27. The van der Waals surface area contributed by atoms with Crippen molar-refractivity contribution < 1.29 is 9.47 Å². The largest absolute Gasteiger partial charge is 0.386 e. The summed E-state index contributed by atoms with van der Waals surface area (Å²) >= 11 is 0. The molecular weight excluding hydrogens is 330 g/mol. The van der Waals surface area contributed by atoms with Crippen molar-refractivity contribution in [3.05, 3.63) is 46.9 Å². The summed E-state index contributed by atoms with van der Waals surface area (Å²) in [6, 6.07) is 5.84. The monoisotopic (exact) mass is 355 g/mol. The van der Waals surface area contributed by atoms with Crippen LogP contribution in [-0.4, -0.2) is 50.1 Å². The first-order valence-electron chi connectivity index (χ1n) is 8.68. The maximum Gasteiger partial charge on any atom is 0.126 e. The molecule has 3 rings (SSSR count). The van der Waals surface area contributed by atoms with E-state index in [9.17, 15) is 0 Å². The van der Waals surface area contributed by atoms with Crippen LogP contribution in [0.3, 0.4) is 0 Å². The molecule has 3 heterocycles. The second-order valence-corrected chi connectivity index (χ2v) is 6.27. The van der Waals surface area contributed by atoms with Crippen molar-refractivity contribution in [3.8, 4) is 0 Å². The number of aromatic nitrogens is 2. The number of pyridine rings is 2. The van der Waals surface area contributed by atoms with E-state index < -0.39 is 0 Å². The van der Waals surface area contributed by atoms with Crippen molar-refractivity contribution in [2.24, 2.45) is 0 Å². The van der Waals surface area contributed by atoms with E-state index in [0.717, 1.165) is 35.5 Å². The SMILES string of the molecule is CNc1cc(C(=N)c2cc(COC)cc(C3CCOC3)n2)c(NC)cn1. The molecule has 26 heavy (non-hydrogen) atoms. The Morgan fingerprint density at radius 2 is 2.15 bits per heavy atom. The fourth-order valence-electron chi connectivity index (χ4n) is 3.10. The zero-order valence-electron chi connectivity index (χ0n) is 15.4. The Balaban J connectivity index is 2.03. The third-order valence-corrected chi connectivity index (χ3v) is 4.52. The lowest BCUT2D eigenvalue weighted by Crippen LogP contribution is -2.13. The quantitative estimate of drug-likeness (QED) is 0.661. The van der Waals surface area contributed by atoms with Crippen molar-refractivity contribution in [3.63, 3.8) is 0 Å². The molecule has 1 aliphatic heterocycles. The van der Waals surface area contributed by atoms with Gasteiger partial charge < -0.3 is 20.1 Å². The van der Waals surface area contributed by atoms with Gasteiger partial charge in [0.15, 0.2) is 0 Å². The van der Waals surface area contributed by atoms with Crippen LogP contribution in [0.4, 0.5) is 11.5 Å². The molecule has 0 amide bonds. The molecule has 1 unspecified atom stereocenters. The van der Waals surface area contributed by atoms with Crippen LogP contribution in [0, 0.1) is 5.41 Å². The van der Waals surface area contributed by atoms with Crippen molar-refractivity contribution >= 4 is 17.2 Å². The number of anilines is 2. The van der Waals surface area contributed by atoms with Gasteiger partial charge in [0, 0.05) is 45.0 Å². The van der Waals surface area contributed by atoms with Crippen molar-refractivity contribution in [1.29, 1.82) is 5.41 Å². The zero-order valence-corrected chi connectivity index (χ0v) is 15.4. The predicted octanol–water partition coefficient (Wildman–Crippen LogP) is 2.63. The molecule has 0 bridgehead atoms. The molecule has 0 aliphatic carbocycles. The summed E-state index contributed by atoms with van der Waals surface area (Å²) in [5.41, 5.74) is 4.50. The van der Waals surface area contributed by atoms with Crippen molar-refractivity contribution in [2.45, 2.75) is 18.9 Å². The standard InChI is InChI=1S/C19H25N5O2/c1-21-17-9-23-18(22-2)8-14(17)19(20)16-7-12(10-25-3)6-15(24-16)13-4-5-26-11-13/h6-9,13,20-21H,4-5,10-11H2,1-3H3,(H,22,23). The van der Waals surface area contributed by atoms with E-state index in [1.807, 2.05) is 26.2 Å². The van der Waals surface area contributed by atoms with Crippen LogP contribution in [-0.2, 0) is 16.1 Å². The molecule has 0 saturated carbocycles. The minimum Gasteiger partial charge on any atom is -0.386 e. The lowest BCUT2D eigenvalue weighted by Gasteiger charge is -2.15. The molecule has 0 spiro atoms. The molecular formula is C19H25N5O2. The second kappa shape index (κ2) is 8.25. The molecule has 1 saturated heterocycles. The minimum atomic E-state index is 0.271. The van der Waals surface area contributed by atoms with E-state index in [4.69, 9.17) is 19.9 Å². The van der Waals surface area contributed by atoms with Gasteiger partial charge in [-0.25, -0.2) is 4.98 Å². The Morgan fingerprint density at radius 3 is 2.81 bits per heavy atom. The fourth-order valence-corrected chi connectivity index (χ4v) is 3.10. The van der Waals surface area contributed by atoms with Gasteiger partial charge in [0.1, 0.15) is 5.82 Å². The zero-order chi connectivity index (χ0) is 18.5. The van der Waals surface area contributed by atoms with Gasteiger partial charge >= 0.3 is 0 Å².